The van der Waals surface area contributed by atoms with Crippen LogP contribution in [0.5, 0.6) is 5.75 Å². The van der Waals surface area contributed by atoms with Crippen molar-refractivity contribution in [3.63, 3.8) is 0 Å². The number of aryl methyl sites for hydroxylation is 1. The summed E-state index contributed by atoms with van der Waals surface area (Å²) in [7, 11) is 1.25. The van der Waals surface area contributed by atoms with Gasteiger partial charge in [0, 0.05) is 11.6 Å². The zero-order chi connectivity index (χ0) is 15.7. The Bertz CT molecular complexity index is 557. The number of carbonyl (C=O) groups is 2. The highest BCUT2D eigenvalue weighted by Crippen LogP contribution is 2.38. The highest BCUT2D eigenvalue weighted by Gasteiger charge is 2.38. The van der Waals surface area contributed by atoms with Crippen LogP contribution in [-0.2, 0) is 9.53 Å². The van der Waals surface area contributed by atoms with Crippen LogP contribution in [0.2, 0.25) is 0 Å². The number of carboxylic acid groups (broad SMARTS) is 1. The van der Waals surface area contributed by atoms with Gasteiger partial charge in [0.2, 0.25) is 0 Å². The number of benzene rings is 1. The first-order valence-electron chi connectivity index (χ1n) is 6.03. The van der Waals surface area contributed by atoms with E-state index in [-0.39, 0.29) is 23.5 Å². The quantitative estimate of drug-likeness (QED) is 0.733. The molecule has 0 bridgehead atoms. The van der Waals surface area contributed by atoms with Crippen LogP contribution in [0, 0.1) is 12.3 Å². The van der Waals surface area contributed by atoms with Crippen LogP contribution >= 0.6 is 12.4 Å². The Morgan fingerprint density at radius 2 is 1.86 bits per heavy atom. The number of phenols is 1. The van der Waals surface area contributed by atoms with Crippen LogP contribution in [0.15, 0.2) is 12.1 Å². The van der Waals surface area contributed by atoms with Gasteiger partial charge >= 0.3 is 11.9 Å². The molecule has 0 aliphatic carbocycles. The number of aromatic hydroxyl groups is 1. The van der Waals surface area contributed by atoms with E-state index in [2.05, 4.69) is 4.74 Å². The lowest BCUT2D eigenvalue weighted by Crippen LogP contribution is -2.37. The summed E-state index contributed by atoms with van der Waals surface area (Å²) in [5.41, 5.74) is 5.53. The average molecular weight is 318 g/mol. The number of ether oxygens (including phenoxy) is 1. The van der Waals surface area contributed by atoms with E-state index in [9.17, 15) is 14.7 Å². The van der Waals surface area contributed by atoms with Gasteiger partial charge in [-0.15, -0.1) is 12.4 Å². The smallest absolute Gasteiger partial charge is 0.339 e. The zero-order valence-electron chi connectivity index (χ0n) is 12.3. The summed E-state index contributed by atoms with van der Waals surface area (Å²) in [6, 6.07) is 2.02. The number of rotatable bonds is 4. The van der Waals surface area contributed by atoms with E-state index in [1.54, 1.807) is 26.8 Å². The molecule has 118 valence electrons. The van der Waals surface area contributed by atoms with Crippen LogP contribution in [0.4, 0.5) is 0 Å². The van der Waals surface area contributed by atoms with Gasteiger partial charge in [0.1, 0.15) is 11.3 Å². The molecule has 21 heavy (non-hydrogen) atoms. The van der Waals surface area contributed by atoms with Gasteiger partial charge in [0.25, 0.3) is 0 Å². The SMILES string of the molecule is COC(=O)C(C)(C)[C@H](N)c1cc(C)cc(C(=O)O)c1O.Cl. The minimum Gasteiger partial charge on any atom is -0.507 e. The molecular weight excluding hydrogens is 298 g/mol. The van der Waals surface area contributed by atoms with E-state index in [1.807, 2.05) is 0 Å². The summed E-state index contributed by atoms with van der Waals surface area (Å²) in [6.07, 6.45) is 0. The minimum absolute atomic E-state index is 0. The summed E-state index contributed by atoms with van der Waals surface area (Å²) >= 11 is 0. The van der Waals surface area contributed by atoms with Gasteiger partial charge in [-0.1, -0.05) is 6.07 Å². The number of hydrogen-bond acceptors (Lipinski definition) is 5. The van der Waals surface area contributed by atoms with E-state index in [0.717, 1.165) is 0 Å². The van der Waals surface area contributed by atoms with Crippen molar-refractivity contribution in [2.75, 3.05) is 7.11 Å². The average Bonchev–Trinajstić information content (AvgIpc) is 2.38. The number of aromatic carboxylic acids is 1. The van der Waals surface area contributed by atoms with Crippen molar-refractivity contribution in [1.82, 2.24) is 0 Å². The van der Waals surface area contributed by atoms with Crippen LogP contribution in [0.1, 0.15) is 41.4 Å². The normalized spacial score (nSPS) is 12.2. The maximum atomic E-state index is 11.8. The van der Waals surface area contributed by atoms with Crippen LogP contribution in [-0.4, -0.2) is 29.3 Å². The third-order valence-electron chi connectivity index (χ3n) is 3.34. The van der Waals surface area contributed by atoms with Crippen molar-refractivity contribution in [3.8, 4) is 5.75 Å². The number of halogens is 1. The Morgan fingerprint density at radius 3 is 2.29 bits per heavy atom. The summed E-state index contributed by atoms with van der Waals surface area (Å²) in [5.74, 6) is -2.22. The number of carbonyl (C=O) groups excluding carboxylic acids is 1. The molecule has 0 unspecified atom stereocenters. The molecule has 0 saturated heterocycles. The van der Waals surface area contributed by atoms with Gasteiger partial charge in [-0.2, -0.15) is 0 Å². The van der Waals surface area contributed by atoms with Crippen molar-refractivity contribution < 1.29 is 24.5 Å². The van der Waals surface area contributed by atoms with Crippen molar-refractivity contribution in [2.24, 2.45) is 11.1 Å². The van der Waals surface area contributed by atoms with Gasteiger partial charge in [-0.25, -0.2) is 4.79 Å². The van der Waals surface area contributed by atoms with Crippen molar-refractivity contribution in [3.05, 3.63) is 28.8 Å². The standard InChI is InChI=1S/C14H19NO5.ClH/c1-7-5-8(10(16)9(6-7)12(17)18)11(15)14(2,3)13(19)20-4;/h5-6,11,16H,15H2,1-4H3,(H,17,18);1H/t11-;/m1./s1. The third kappa shape index (κ3) is 3.65. The minimum atomic E-state index is -1.25. The van der Waals surface area contributed by atoms with Crippen LogP contribution < -0.4 is 5.73 Å². The van der Waals surface area contributed by atoms with E-state index >= 15 is 0 Å². The molecule has 0 aliphatic rings. The molecule has 7 heteroatoms. The first kappa shape index (κ1) is 19.2. The molecule has 0 saturated carbocycles. The summed E-state index contributed by atoms with van der Waals surface area (Å²) in [5, 5.41) is 19.1. The first-order chi connectivity index (χ1) is 9.12. The Kier molecular flexibility index (Phi) is 6.20. The van der Waals surface area contributed by atoms with Gasteiger partial charge in [0.05, 0.1) is 12.5 Å². The molecule has 1 rings (SSSR count). The Morgan fingerprint density at radius 1 is 1.33 bits per heavy atom. The van der Waals surface area contributed by atoms with Crippen molar-refractivity contribution >= 4 is 24.3 Å². The summed E-state index contributed by atoms with van der Waals surface area (Å²) in [6.45, 7) is 4.84. The summed E-state index contributed by atoms with van der Waals surface area (Å²) < 4.78 is 4.69. The largest absolute Gasteiger partial charge is 0.507 e. The molecule has 0 aromatic heterocycles. The molecule has 0 heterocycles. The van der Waals surface area contributed by atoms with E-state index in [0.29, 0.717) is 5.56 Å². The predicted octanol–water partition coefficient (Wildman–Crippen LogP) is 2.02. The van der Waals surface area contributed by atoms with Gasteiger partial charge < -0.3 is 20.7 Å². The van der Waals surface area contributed by atoms with Crippen LogP contribution in [0.25, 0.3) is 0 Å². The molecule has 0 aliphatic heterocycles. The first-order valence-corrected chi connectivity index (χ1v) is 6.03. The Labute approximate surface area is 129 Å². The van der Waals surface area contributed by atoms with Gasteiger partial charge in [0.15, 0.2) is 0 Å². The lowest BCUT2D eigenvalue weighted by Gasteiger charge is -2.29. The topological polar surface area (TPSA) is 110 Å². The fraction of sp³-hybridized carbons (Fsp3) is 0.429. The zero-order valence-corrected chi connectivity index (χ0v) is 13.2. The lowest BCUT2D eigenvalue weighted by atomic mass is 9.80. The fourth-order valence-corrected chi connectivity index (χ4v) is 1.99. The second-order valence-corrected chi connectivity index (χ2v) is 5.25. The highest BCUT2D eigenvalue weighted by atomic mass is 35.5. The number of methoxy groups -OCH3 is 1. The number of hydrogen-bond donors (Lipinski definition) is 3. The molecule has 1 aromatic carbocycles. The Balaban J connectivity index is 0.00000400. The second-order valence-electron chi connectivity index (χ2n) is 5.25. The number of esters is 1. The molecule has 4 N–H and O–H groups in total. The molecule has 0 radical (unpaired) electrons. The number of nitrogens with two attached hydrogens (primary N) is 1. The maximum Gasteiger partial charge on any atom is 0.339 e. The fourth-order valence-electron chi connectivity index (χ4n) is 1.99. The van der Waals surface area contributed by atoms with Gasteiger partial charge in [-0.05, 0) is 32.4 Å². The molecule has 0 spiro atoms. The molecular formula is C14H20ClNO5. The molecule has 1 atom stereocenters. The monoisotopic (exact) mass is 317 g/mol. The predicted molar refractivity (Wildman–Crippen MR) is 79.8 cm³/mol. The van der Waals surface area contributed by atoms with Gasteiger partial charge in [-0.3, -0.25) is 4.79 Å². The highest BCUT2D eigenvalue weighted by molar-refractivity contribution is 5.91. The van der Waals surface area contributed by atoms with E-state index < -0.39 is 29.1 Å². The number of carboxylic acids is 1. The third-order valence-corrected chi connectivity index (χ3v) is 3.34. The second kappa shape index (κ2) is 6.78. The van der Waals surface area contributed by atoms with E-state index in [4.69, 9.17) is 10.8 Å². The Hall–Kier alpha value is -1.79. The van der Waals surface area contributed by atoms with Crippen molar-refractivity contribution in [1.29, 1.82) is 0 Å². The molecule has 1 aromatic rings. The molecule has 0 amide bonds. The summed E-state index contributed by atoms with van der Waals surface area (Å²) in [4.78, 5) is 22.9. The molecule has 6 nitrogen and oxygen atoms in total. The van der Waals surface area contributed by atoms with Crippen molar-refractivity contribution in [2.45, 2.75) is 26.8 Å². The maximum absolute atomic E-state index is 11.8. The lowest BCUT2D eigenvalue weighted by molar-refractivity contribution is -0.152. The van der Waals surface area contributed by atoms with Crippen LogP contribution in [0.3, 0.4) is 0 Å². The van der Waals surface area contributed by atoms with E-state index in [1.165, 1.54) is 13.2 Å². The molecule has 0 fully saturated rings.